The molecule has 1 fully saturated rings. The van der Waals surface area contributed by atoms with Crippen LogP contribution in [0.1, 0.15) is 19.8 Å². The van der Waals surface area contributed by atoms with Crippen molar-refractivity contribution in [3.05, 3.63) is 0 Å². The molecule has 0 aliphatic carbocycles. The number of amides is 1. The molecular formula is C10H18N2O3S2. The molecule has 2 N–H and O–H groups in total. The quantitative estimate of drug-likeness (QED) is 0.732. The molecule has 7 heteroatoms. The van der Waals surface area contributed by atoms with Gasteiger partial charge in [0.1, 0.15) is 5.75 Å². The number of nitrogens with zero attached hydrogens (tertiary/aromatic N) is 1. The Morgan fingerprint density at radius 2 is 1.88 bits per heavy atom. The van der Waals surface area contributed by atoms with E-state index in [0.29, 0.717) is 30.9 Å². The first kappa shape index (κ1) is 14.4. The van der Waals surface area contributed by atoms with Crippen molar-refractivity contribution in [2.24, 2.45) is 11.1 Å². The fraction of sp³-hybridized carbons (Fsp3) is 0.800. The molecule has 0 atom stereocenters. The van der Waals surface area contributed by atoms with Gasteiger partial charge in [-0.2, -0.15) is 0 Å². The molecule has 1 heterocycles. The number of hydrogen-bond acceptors (Lipinski definition) is 4. The van der Waals surface area contributed by atoms with Crippen molar-refractivity contribution >= 4 is 33.0 Å². The highest BCUT2D eigenvalue weighted by Crippen LogP contribution is 2.31. The van der Waals surface area contributed by atoms with Gasteiger partial charge in [0.15, 0.2) is 9.84 Å². The van der Waals surface area contributed by atoms with E-state index in [0.717, 1.165) is 6.26 Å². The highest BCUT2D eigenvalue weighted by molar-refractivity contribution is 7.91. The molecule has 0 aromatic heterocycles. The van der Waals surface area contributed by atoms with Crippen LogP contribution in [0.15, 0.2) is 0 Å². The molecule has 0 radical (unpaired) electrons. The maximum Gasteiger partial charge on any atom is 0.237 e. The van der Waals surface area contributed by atoms with Gasteiger partial charge in [0, 0.05) is 24.8 Å². The molecule has 98 valence electrons. The van der Waals surface area contributed by atoms with E-state index >= 15 is 0 Å². The predicted molar refractivity (Wildman–Crippen MR) is 70.4 cm³/mol. The fourth-order valence-corrected chi connectivity index (χ4v) is 2.65. The number of thiocarbonyl (C=S) groups is 1. The smallest absolute Gasteiger partial charge is 0.237 e. The van der Waals surface area contributed by atoms with Crippen LogP contribution in [0.3, 0.4) is 0 Å². The van der Waals surface area contributed by atoms with E-state index in [1.807, 2.05) is 6.92 Å². The summed E-state index contributed by atoms with van der Waals surface area (Å²) in [4.78, 5) is 13.7. The first-order valence-corrected chi connectivity index (χ1v) is 7.86. The Bertz CT molecular complexity index is 423. The molecule has 0 aromatic rings. The third-order valence-corrected chi connectivity index (χ3v) is 4.46. The Hall–Kier alpha value is -0.690. The lowest BCUT2D eigenvalue weighted by atomic mass is 9.80. The minimum atomic E-state index is -3.26. The minimum absolute atomic E-state index is 0.211. The van der Waals surface area contributed by atoms with Crippen molar-refractivity contribution < 1.29 is 13.2 Å². The van der Waals surface area contributed by atoms with Crippen LogP contribution in [0.4, 0.5) is 0 Å². The lowest BCUT2D eigenvalue weighted by molar-refractivity contribution is -0.130. The Morgan fingerprint density at radius 3 is 2.24 bits per heavy atom. The summed E-state index contributed by atoms with van der Waals surface area (Å²) in [6, 6.07) is 0. The van der Waals surface area contributed by atoms with Gasteiger partial charge in [0.05, 0.1) is 4.99 Å². The zero-order valence-corrected chi connectivity index (χ0v) is 11.7. The van der Waals surface area contributed by atoms with Crippen LogP contribution in [-0.4, -0.2) is 49.3 Å². The molecule has 0 spiro atoms. The number of piperidine rings is 1. The number of carbonyl (C=O) groups is 1. The molecule has 0 saturated carbocycles. The van der Waals surface area contributed by atoms with Gasteiger partial charge in [0.2, 0.25) is 5.91 Å². The Labute approximate surface area is 107 Å². The van der Waals surface area contributed by atoms with Crippen molar-refractivity contribution in [3.8, 4) is 0 Å². The SMILES string of the molecule is CC1(C(N)=S)CCN(C(=O)CS(C)(=O)=O)CC1. The van der Waals surface area contributed by atoms with Crippen LogP contribution < -0.4 is 5.73 Å². The van der Waals surface area contributed by atoms with Gasteiger partial charge in [-0.05, 0) is 12.8 Å². The number of sulfone groups is 1. The lowest BCUT2D eigenvalue weighted by Crippen LogP contribution is -2.48. The van der Waals surface area contributed by atoms with Crippen molar-refractivity contribution in [1.82, 2.24) is 4.90 Å². The number of nitrogens with two attached hydrogens (primary N) is 1. The van der Waals surface area contributed by atoms with E-state index in [9.17, 15) is 13.2 Å². The van der Waals surface area contributed by atoms with E-state index < -0.39 is 15.6 Å². The highest BCUT2D eigenvalue weighted by atomic mass is 32.2. The van der Waals surface area contributed by atoms with Crippen LogP contribution in [0.5, 0.6) is 0 Å². The highest BCUT2D eigenvalue weighted by Gasteiger charge is 2.34. The van der Waals surface area contributed by atoms with E-state index in [1.54, 1.807) is 4.90 Å². The fourth-order valence-electron chi connectivity index (χ4n) is 1.81. The zero-order chi connectivity index (χ0) is 13.3. The molecule has 1 aliphatic rings. The summed E-state index contributed by atoms with van der Waals surface area (Å²) < 4.78 is 22.1. The number of carbonyl (C=O) groups excluding carboxylic acids is 1. The van der Waals surface area contributed by atoms with Gasteiger partial charge >= 0.3 is 0 Å². The van der Waals surface area contributed by atoms with Crippen molar-refractivity contribution in [2.45, 2.75) is 19.8 Å². The normalized spacial score (nSPS) is 20.0. The van der Waals surface area contributed by atoms with Crippen LogP contribution in [0, 0.1) is 5.41 Å². The Kier molecular flexibility index (Phi) is 4.14. The van der Waals surface area contributed by atoms with Crippen LogP contribution in [0.25, 0.3) is 0 Å². The monoisotopic (exact) mass is 278 g/mol. The number of rotatable bonds is 3. The van der Waals surface area contributed by atoms with E-state index in [1.165, 1.54) is 0 Å². The maximum atomic E-state index is 11.7. The second kappa shape index (κ2) is 4.89. The van der Waals surface area contributed by atoms with E-state index in [4.69, 9.17) is 18.0 Å². The standard InChI is InChI=1S/C10H18N2O3S2/c1-10(9(11)16)3-5-12(6-4-10)8(13)7-17(2,14)15/h3-7H2,1-2H3,(H2,11,16). The third kappa shape index (κ3) is 3.92. The molecule has 1 aliphatic heterocycles. The van der Waals surface area contributed by atoms with Crippen LogP contribution in [0.2, 0.25) is 0 Å². The van der Waals surface area contributed by atoms with Crippen molar-refractivity contribution in [3.63, 3.8) is 0 Å². The van der Waals surface area contributed by atoms with Gasteiger partial charge in [0.25, 0.3) is 0 Å². The zero-order valence-electron chi connectivity index (χ0n) is 10.1. The van der Waals surface area contributed by atoms with Gasteiger partial charge in [-0.25, -0.2) is 8.42 Å². The first-order valence-electron chi connectivity index (χ1n) is 5.39. The Morgan fingerprint density at radius 1 is 1.41 bits per heavy atom. The molecule has 0 unspecified atom stereocenters. The molecule has 0 bridgehead atoms. The van der Waals surface area contributed by atoms with Gasteiger partial charge < -0.3 is 10.6 Å². The Balaban J connectivity index is 2.58. The summed E-state index contributed by atoms with van der Waals surface area (Å²) in [5.74, 6) is -0.756. The molecule has 0 aromatic carbocycles. The summed E-state index contributed by atoms with van der Waals surface area (Å²) >= 11 is 5.00. The van der Waals surface area contributed by atoms with Crippen LogP contribution in [-0.2, 0) is 14.6 Å². The topological polar surface area (TPSA) is 80.5 Å². The van der Waals surface area contributed by atoms with Crippen LogP contribution >= 0.6 is 12.2 Å². The molecule has 1 saturated heterocycles. The van der Waals surface area contributed by atoms with Crippen molar-refractivity contribution in [1.29, 1.82) is 0 Å². The maximum absolute atomic E-state index is 11.7. The average molecular weight is 278 g/mol. The molecule has 17 heavy (non-hydrogen) atoms. The lowest BCUT2D eigenvalue weighted by Gasteiger charge is -2.38. The van der Waals surface area contributed by atoms with E-state index in [-0.39, 0.29) is 11.3 Å². The predicted octanol–water partition coefficient (Wildman–Crippen LogP) is -0.0542. The summed E-state index contributed by atoms with van der Waals surface area (Å²) in [7, 11) is -3.26. The molecule has 1 amide bonds. The number of hydrogen-bond donors (Lipinski definition) is 1. The molecule has 1 rings (SSSR count). The van der Waals surface area contributed by atoms with Gasteiger partial charge in [-0.15, -0.1) is 0 Å². The summed E-state index contributed by atoms with van der Waals surface area (Å²) in [6.45, 7) is 3.01. The second-order valence-corrected chi connectivity index (χ2v) is 7.46. The first-order chi connectivity index (χ1) is 7.64. The third-order valence-electron chi connectivity index (χ3n) is 3.20. The van der Waals surface area contributed by atoms with Crippen molar-refractivity contribution in [2.75, 3.05) is 25.1 Å². The largest absolute Gasteiger partial charge is 0.393 e. The molecular weight excluding hydrogens is 260 g/mol. The molecule has 5 nitrogen and oxygen atoms in total. The van der Waals surface area contributed by atoms with Gasteiger partial charge in [-0.1, -0.05) is 19.1 Å². The van der Waals surface area contributed by atoms with E-state index in [2.05, 4.69) is 0 Å². The summed E-state index contributed by atoms with van der Waals surface area (Å²) in [5, 5.41) is 0. The summed E-state index contributed by atoms with van der Waals surface area (Å²) in [6.07, 6.45) is 2.45. The average Bonchev–Trinajstić information content (AvgIpc) is 2.15. The van der Waals surface area contributed by atoms with Gasteiger partial charge in [-0.3, -0.25) is 4.79 Å². The minimum Gasteiger partial charge on any atom is -0.393 e. The number of likely N-dealkylation sites (tertiary alicyclic amines) is 1. The summed E-state index contributed by atoms with van der Waals surface area (Å²) in [5.41, 5.74) is 5.45. The second-order valence-electron chi connectivity index (χ2n) is 4.88.